The Balaban J connectivity index is 1.89. The number of hydrogen-bond acceptors (Lipinski definition) is 4. The molecule has 2 fully saturated rings. The van der Waals surface area contributed by atoms with Crippen LogP contribution < -0.4 is 5.32 Å². The van der Waals surface area contributed by atoms with E-state index in [2.05, 4.69) is 5.32 Å². The molecule has 24 heavy (non-hydrogen) atoms. The van der Waals surface area contributed by atoms with Gasteiger partial charge in [0, 0.05) is 26.1 Å². The van der Waals surface area contributed by atoms with Crippen molar-refractivity contribution in [2.45, 2.75) is 43.7 Å². The van der Waals surface area contributed by atoms with Gasteiger partial charge >= 0.3 is 12.1 Å². The normalized spacial score (nSPS) is 24.8. The van der Waals surface area contributed by atoms with E-state index in [0.29, 0.717) is 13.0 Å². The number of amides is 1. The smallest absolute Gasteiger partial charge is 0.408 e. The zero-order chi connectivity index (χ0) is 17.0. The first-order valence-electron chi connectivity index (χ1n) is 8.58. The molecule has 1 amide bonds. The van der Waals surface area contributed by atoms with Crippen molar-refractivity contribution < 1.29 is 19.4 Å². The molecule has 1 aromatic rings. The summed E-state index contributed by atoms with van der Waals surface area (Å²) < 4.78 is 5.72. The fourth-order valence-corrected chi connectivity index (χ4v) is 3.69. The van der Waals surface area contributed by atoms with Gasteiger partial charge in [0.05, 0.1) is 0 Å². The second kappa shape index (κ2) is 7.21. The van der Waals surface area contributed by atoms with Crippen LogP contribution in [-0.2, 0) is 16.0 Å². The molecule has 1 heterocycles. The van der Waals surface area contributed by atoms with Crippen LogP contribution in [0.3, 0.4) is 0 Å². The Hall–Kier alpha value is -2.08. The molecule has 0 bridgehead atoms. The summed E-state index contributed by atoms with van der Waals surface area (Å²) in [5.74, 6) is -0.423. The van der Waals surface area contributed by atoms with E-state index in [4.69, 9.17) is 4.74 Å². The van der Waals surface area contributed by atoms with Crippen LogP contribution in [0.5, 0.6) is 0 Å². The number of hydrogen-bond donors (Lipinski definition) is 2. The number of carbonyl (C=O) groups is 2. The number of carbonyl (C=O) groups excluding carboxylic acids is 1. The van der Waals surface area contributed by atoms with E-state index in [0.717, 1.165) is 31.2 Å². The minimum atomic E-state index is -1.20. The van der Waals surface area contributed by atoms with Crippen LogP contribution in [0.25, 0.3) is 0 Å². The number of benzene rings is 1. The maximum Gasteiger partial charge on any atom is 0.408 e. The molecule has 1 aliphatic carbocycles. The second-order valence-corrected chi connectivity index (χ2v) is 6.62. The van der Waals surface area contributed by atoms with E-state index in [1.807, 2.05) is 30.3 Å². The molecule has 1 saturated heterocycles. The van der Waals surface area contributed by atoms with E-state index in [9.17, 15) is 14.7 Å². The van der Waals surface area contributed by atoms with E-state index in [1.165, 1.54) is 4.90 Å². The highest BCUT2D eigenvalue weighted by Crippen LogP contribution is 2.29. The molecule has 6 nitrogen and oxygen atoms in total. The van der Waals surface area contributed by atoms with Crippen LogP contribution in [0.4, 0.5) is 4.79 Å². The Bertz CT molecular complexity index is 586. The van der Waals surface area contributed by atoms with Crippen molar-refractivity contribution in [1.29, 1.82) is 0 Å². The fraction of sp³-hybridized carbons (Fsp3) is 0.556. The first-order chi connectivity index (χ1) is 11.6. The number of esters is 1. The van der Waals surface area contributed by atoms with Gasteiger partial charge in [0.15, 0.2) is 5.54 Å². The molecule has 1 saturated carbocycles. The van der Waals surface area contributed by atoms with Crippen molar-refractivity contribution >= 4 is 12.1 Å². The van der Waals surface area contributed by atoms with Crippen LogP contribution >= 0.6 is 0 Å². The Morgan fingerprint density at radius 2 is 1.96 bits per heavy atom. The van der Waals surface area contributed by atoms with Gasteiger partial charge in [-0.3, -0.25) is 4.90 Å². The summed E-state index contributed by atoms with van der Waals surface area (Å²) in [6.45, 7) is 1.10. The van der Waals surface area contributed by atoms with Crippen LogP contribution in [0.2, 0.25) is 0 Å². The molecule has 0 aromatic heterocycles. The summed E-state index contributed by atoms with van der Waals surface area (Å²) in [5, 5.41) is 12.8. The largest absolute Gasteiger partial charge is 0.465 e. The topological polar surface area (TPSA) is 78.9 Å². The summed E-state index contributed by atoms with van der Waals surface area (Å²) >= 11 is 0. The summed E-state index contributed by atoms with van der Waals surface area (Å²) in [5.41, 5.74) is -0.274. The Morgan fingerprint density at radius 3 is 2.62 bits per heavy atom. The summed E-state index contributed by atoms with van der Waals surface area (Å²) in [6, 6.07) is 9.53. The third-order valence-corrected chi connectivity index (χ3v) is 4.97. The van der Waals surface area contributed by atoms with Gasteiger partial charge in [-0.25, -0.2) is 9.59 Å². The predicted octanol–water partition coefficient (Wildman–Crippen LogP) is 2.04. The fourth-order valence-electron chi connectivity index (χ4n) is 3.69. The third kappa shape index (κ3) is 3.38. The molecule has 1 aromatic carbocycles. The standard InChI is InChI=1S/C18H24N2O4/c21-16(24-15-8-4-5-9-15)18(12-14-6-2-1-3-7-14)13-19-10-11-20(18)17(22)23/h1-3,6-7,15,19H,4-5,8-13H2,(H,22,23). The molecule has 1 atom stereocenters. The Kier molecular flexibility index (Phi) is 5.04. The monoisotopic (exact) mass is 332 g/mol. The lowest BCUT2D eigenvalue weighted by Crippen LogP contribution is -2.68. The first-order valence-corrected chi connectivity index (χ1v) is 8.58. The maximum atomic E-state index is 13.0. The van der Waals surface area contributed by atoms with Crippen LogP contribution in [0, 0.1) is 0 Å². The van der Waals surface area contributed by atoms with Gasteiger partial charge in [-0.05, 0) is 31.2 Å². The summed E-state index contributed by atoms with van der Waals surface area (Å²) in [6.07, 6.45) is 3.02. The average Bonchev–Trinajstić information content (AvgIpc) is 3.09. The highest BCUT2D eigenvalue weighted by molar-refractivity contribution is 5.86. The minimum absolute atomic E-state index is 0.0808. The SMILES string of the molecule is O=C(O)N1CCNCC1(Cc1ccccc1)C(=O)OC1CCCC1. The summed E-state index contributed by atoms with van der Waals surface area (Å²) in [7, 11) is 0. The number of carboxylic acid groups (broad SMARTS) is 1. The number of nitrogens with zero attached hydrogens (tertiary/aromatic N) is 1. The molecule has 2 aliphatic rings. The number of ether oxygens (including phenoxy) is 1. The van der Waals surface area contributed by atoms with Crippen molar-refractivity contribution in [3.05, 3.63) is 35.9 Å². The molecule has 1 aliphatic heterocycles. The number of rotatable bonds is 4. The van der Waals surface area contributed by atoms with Gasteiger partial charge in [-0.1, -0.05) is 30.3 Å². The van der Waals surface area contributed by atoms with E-state index in [1.54, 1.807) is 0 Å². The van der Waals surface area contributed by atoms with Gasteiger partial charge in [0.25, 0.3) is 0 Å². The van der Waals surface area contributed by atoms with E-state index >= 15 is 0 Å². The van der Waals surface area contributed by atoms with Crippen molar-refractivity contribution in [3.8, 4) is 0 Å². The molecule has 2 N–H and O–H groups in total. The Labute approximate surface area is 141 Å². The lowest BCUT2D eigenvalue weighted by atomic mass is 9.87. The maximum absolute atomic E-state index is 13.0. The van der Waals surface area contributed by atoms with E-state index < -0.39 is 17.6 Å². The van der Waals surface area contributed by atoms with Crippen LogP contribution in [0.1, 0.15) is 31.2 Å². The van der Waals surface area contributed by atoms with Crippen molar-refractivity contribution in [1.82, 2.24) is 10.2 Å². The van der Waals surface area contributed by atoms with Crippen LogP contribution in [0.15, 0.2) is 30.3 Å². The van der Waals surface area contributed by atoms with Crippen molar-refractivity contribution in [2.75, 3.05) is 19.6 Å². The van der Waals surface area contributed by atoms with Gasteiger partial charge in [0.1, 0.15) is 6.10 Å². The number of piperazine rings is 1. The highest BCUT2D eigenvalue weighted by Gasteiger charge is 2.50. The van der Waals surface area contributed by atoms with Gasteiger partial charge in [-0.15, -0.1) is 0 Å². The van der Waals surface area contributed by atoms with Gasteiger partial charge < -0.3 is 15.2 Å². The zero-order valence-corrected chi connectivity index (χ0v) is 13.7. The predicted molar refractivity (Wildman–Crippen MR) is 88.8 cm³/mol. The molecule has 130 valence electrons. The lowest BCUT2D eigenvalue weighted by Gasteiger charge is -2.44. The van der Waals surface area contributed by atoms with Gasteiger partial charge in [0.2, 0.25) is 0 Å². The van der Waals surface area contributed by atoms with Gasteiger partial charge in [-0.2, -0.15) is 0 Å². The molecular weight excluding hydrogens is 308 g/mol. The lowest BCUT2D eigenvalue weighted by molar-refractivity contribution is -0.163. The Morgan fingerprint density at radius 1 is 1.25 bits per heavy atom. The summed E-state index contributed by atoms with van der Waals surface area (Å²) in [4.78, 5) is 26.1. The average molecular weight is 332 g/mol. The third-order valence-electron chi connectivity index (χ3n) is 4.97. The minimum Gasteiger partial charge on any atom is -0.465 e. The van der Waals surface area contributed by atoms with E-state index in [-0.39, 0.29) is 19.2 Å². The first kappa shape index (κ1) is 16.8. The molecule has 0 radical (unpaired) electrons. The van der Waals surface area contributed by atoms with Crippen LogP contribution in [-0.4, -0.2) is 53.3 Å². The number of nitrogens with one attached hydrogen (secondary N) is 1. The second-order valence-electron chi connectivity index (χ2n) is 6.62. The molecule has 0 spiro atoms. The zero-order valence-electron chi connectivity index (χ0n) is 13.7. The molecule has 1 unspecified atom stereocenters. The molecule has 3 rings (SSSR count). The molecule has 6 heteroatoms. The van der Waals surface area contributed by atoms with Crippen molar-refractivity contribution in [3.63, 3.8) is 0 Å². The molecular formula is C18H24N2O4. The quantitative estimate of drug-likeness (QED) is 0.825. The van der Waals surface area contributed by atoms with Crippen molar-refractivity contribution in [2.24, 2.45) is 0 Å². The highest BCUT2D eigenvalue weighted by atomic mass is 16.5.